The first kappa shape index (κ1) is 39.8. The summed E-state index contributed by atoms with van der Waals surface area (Å²) < 4.78 is 57.4. The van der Waals surface area contributed by atoms with Crippen LogP contribution < -0.4 is 21.9 Å². The van der Waals surface area contributed by atoms with Crippen LogP contribution in [0.5, 0.6) is 0 Å². The molecule has 1 saturated carbocycles. The summed E-state index contributed by atoms with van der Waals surface area (Å²) in [4.78, 5) is 52.8. The smallest absolute Gasteiger partial charge is 0.411 e. The van der Waals surface area contributed by atoms with Crippen molar-refractivity contribution in [2.24, 2.45) is 17.6 Å². The van der Waals surface area contributed by atoms with Crippen LogP contribution >= 0.6 is 0 Å². The molecule has 13 nitrogen and oxygen atoms in total. The number of benzene rings is 3. The van der Waals surface area contributed by atoms with E-state index in [4.69, 9.17) is 10.8 Å². The number of nitrogens with two attached hydrogens (primary N) is 1. The molecule has 5 aromatic rings. The minimum atomic E-state index is -5.44. The van der Waals surface area contributed by atoms with Crippen molar-refractivity contribution in [3.63, 3.8) is 0 Å². The number of aromatic nitrogens is 5. The number of aromatic amines is 2. The van der Waals surface area contributed by atoms with E-state index in [1.807, 2.05) is 62.2 Å². The fourth-order valence-electron chi connectivity index (χ4n) is 6.93. The molecule has 1 aliphatic carbocycles. The van der Waals surface area contributed by atoms with Crippen molar-refractivity contribution in [2.75, 3.05) is 11.9 Å². The van der Waals surface area contributed by atoms with E-state index in [0.29, 0.717) is 36.2 Å². The van der Waals surface area contributed by atoms with Crippen LogP contribution in [0.1, 0.15) is 62.5 Å². The number of carboxylic acids is 1. The number of H-pyrrole nitrogens is 2. The maximum Gasteiger partial charge on any atom is 0.411 e. The number of carbonyl (C=O) groups excluding carboxylic acids is 2. The van der Waals surface area contributed by atoms with E-state index in [1.165, 1.54) is 24.3 Å². The molecule has 2 aromatic heterocycles. The van der Waals surface area contributed by atoms with Gasteiger partial charge >= 0.3 is 17.8 Å². The highest BCUT2D eigenvalue weighted by Gasteiger charge is 2.65. The summed E-state index contributed by atoms with van der Waals surface area (Å²) in [6.45, 7) is 6.33. The fraction of sp³-hybridized carbons (Fsp3) is 0.385. The van der Waals surface area contributed by atoms with Crippen LogP contribution in [0.3, 0.4) is 0 Å². The molecular weight excluding hydrogens is 736 g/mol. The minimum Gasteiger partial charge on any atom is -0.477 e. The van der Waals surface area contributed by atoms with Crippen LogP contribution in [0.25, 0.3) is 33.4 Å². The number of hydrogen-bond donors (Lipinski definition) is 6. The summed E-state index contributed by atoms with van der Waals surface area (Å²) in [6.07, 6.45) is 3.07. The number of aryl methyl sites for hydroxylation is 1. The molecule has 1 fully saturated rings. The fourth-order valence-corrected chi connectivity index (χ4v) is 6.93. The molecule has 56 heavy (non-hydrogen) atoms. The average Bonchev–Trinajstić information content (AvgIpc) is 3.80. The van der Waals surface area contributed by atoms with Crippen LogP contribution in [0.4, 0.5) is 23.2 Å². The van der Waals surface area contributed by atoms with Crippen molar-refractivity contribution in [1.82, 2.24) is 30.3 Å². The van der Waals surface area contributed by atoms with Gasteiger partial charge < -0.3 is 26.5 Å². The number of aliphatic carboxylic acids is 1. The SMILES string of the molecule is Cc1cc2c(=O)n(C(C)C)[nH]c2cc1-c1ccc(C[C@H](NC(=O)[C@H]2CC[C@H](CN)CC2)C(=O)Nc2ccc(-c3nnc(C(F)(F)C(F)(F)C(=O)O)[nH]3)cc2)cc1. The highest BCUT2D eigenvalue weighted by molar-refractivity contribution is 5.98. The predicted molar refractivity (Wildman–Crippen MR) is 200 cm³/mol. The molecule has 17 heteroatoms. The van der Waals surface area contributed by atoms with E-state index < -0.39 is 35.6 Å². The van der Waals surface area contributed by atoms with E-state index >= 15 is 0 Å². The van der Waals surface area contributed by atoms with Crippen LogP contribution in [-0.2, 0) is 26.7 Å². The zero-order valence-electron chi connectivity index (χ0n) is 30.8. The highest BCUT2D eigenvalue weighted by atomic mass is 19.3. The molecule has 1 aliphatic rings. The van der Waals surface area contributed by atoms with Gasteiger partial charge in [-0.15, -0.1) is 10.2 Å². The van der Waals surface area contributed by atoms with Gasteiger partial charge in [0.1, 0.15) is 6.04 Å². The average molecular weight is 779 g/mol. The summed E-state index contributed by atoms with van der Waals surface area (Å²) in [5.74, 6) is -16.3. The Morgan fingerprint density at radius 3 is 2.21 bits per heavy atom. The van der Waals surface area contributed by atoms with Gasteiger partial charge in [-0.2, -0.15) is 17.6 Å². The number of rotatable bonds is 13. The number of carbonyl (C=O) groups is 3. The van der Waals surface area contributed by atoms with Gasteiger partial charge in [0.05, 0.1) is 10.9 Å². The number of halogens is 4. The first-order valence-electron chi connectivity index (χ1n) is 18.2. The van der Waals surface area contributed by atoms with Gasteiger partial charge in [-0.3, -0.25) is 19.5 Å². The number of nitrogens with one attached hydrogen (secondary N) is 4. The Morgan fingerprint density at radius 1 is 0.964 bits per heavy atom. The Labute approximate surface area is 318 Å². The number of hydrogen-bond acceptors (Lipinski definition) is 7. The number of fused-ring (bicyclic) bond motifs is 1. The first-order valence-corrected chi connectivity index (χ1v) is 18.2. The molecule has 296 valence electrons. The van der Waals surface area contributed by atoms with E-state index in [-0.39, 0.29) is 46.9 Å². The largest absolute Gasteiger partial charge is 0.477 e. The lowest BCUT2D eigenvalue weighted by Crippen LogP contribution is -2.48. The zero-order valence-corrected chi connectivity index (χ0v) is 30.8. The second-order valence-electron chi connectivity index (χ2n) is 14.6. The zero-order chi connectivity index (χ0) is 40.5. The molecule has 0 bridgehead atoms. The lowest BCUT2D eigenvalue weighted by molar-refractivity contribution is -0.231. The van der Waals surface area contributed by atoms with Crippen LogP contribution in [0.2, 0.25) is 0 Å². The normalized spacial score (nSPS) is 16.9. The second kappa shape index (κ2) is 15.7. The third kappa shape index (κ3) is 7.94. The van der Waals surface area contributed by atoms with E-state index in [2.05, 4.69) is 25.9 Å². The van der Waals surface area contributed by atoms with Crippen molar-refractivity contribution in [3.05, 3.63) is 88.0 Å². The maximum absolute atomic E-state index is 14.2. The Balaban J connectivity index is 1.20. The molecule has 0 unspecified atom stereocenters. The first-order chi connectivity index (χ1) is 26.5. The van der Waals surface area contributed by atoms with Gasteiger partial charge in [-0.25, -0.2) is 9.48 Å². The summed E-state index contributed by atoms with van der Waals surface area (Å²) in [5, 5.41) is 24.6. The Hall–Kier alpha value is -5.84. The topological polar surface area (TPSA) is 201 Å². The monoisotopic (exact) mass is 778 g/mol. The summed E-state index contributed by atoms with van der Waals surface area (Å²) >= 11 is 0. The third-order valence-electron chi connectivity index (χ3n) is 10.3. The van der Waals surface area contributed by atoms with Crippen molar-refractivity contribution in [3.8, 4) is 22.5 Å². The standard InChI is InChI=1S/C39H42F4N8O5/c1-20(2)51-35(54)29-16-21(3)28(18-30(29)50-51)24-8-4-22(5-9-24)17-31(46-33(52)26-10-6-23(19-44)7-11-26)34(53)45-27-14-12-25(13-15-27)32-47-36(49-48-32)38(40,41)39(42,43)37(55)56/h4-5,8-9,12-16,18,20,23,26,31,50H,6-7,10-11,17,19,44H2,1-3H3,(H,45,53)(H,46,52)(H,55,56)(H,47,48,49)/t23-,26-,31-/m0/s1. The Bertz CT molecular complexity index is 2290. The second-order valence-corrected chi connectivity index (χ2v) is 14.6. The summed E-state index contributed by atoms with van der Waals surface area (Å²) in [7, 11) is 0. The van der Waals surface area contributed by atoms with E-state index in [1.54, 1.807) is 4.68 Å². The summed E-state index contributed by atoms with van der Waals surface area (Å²) in [5.41, 5.74) is 10.4. The van der Waals surface area contributed by atoms with Gasteiger partial charge in [-0.05, 0) is 118 Å². The number of carboxylic acid groups (broad SMARTS) is 1. The lowest BCUT2D eigenvalue weighted by atomic mass is 9.81. The minimum absolute atomic E-state index is 0.0337. The van der Waals surface area contributed by atoms with Gasteiger partial charge in [0.25, 0.3) is 5.56 Å². The van der Waals surface area contributed by atoms with Gasteiger partial charge in [0.2, 0.25) is 17.6 Å². The van der Waals surface area contributed by atoms with Crippen molar-refractivity contribution in [1.29, 1.82) is 0 Å². The van der Waals surface area contributed by atoms with Gasteiger partial charge in [0, 0.05) is 29.6 Å². The molecule has 0 saturated heterocycles. The molecule has 0 radical (unpaired) electrons. The van der Waals surface area contributed by atoms with E-state index in [0.717, 1.165) is 35.1 Å². The van der Waals surface area contributed by atoms with E-state index in [9.17, 15) is 36.7 Å². The number of amides is 2. The summed E-state index contributed by atoms with van der Waals surface area (Å²) in [6, 6.07) is 15.9. The van der Waals surface area contributed by atoms with Crippen molar-refractivity contribution in [2.45, 2.75) is 76.8 Å². The predicted octanol–water partition coefficient (Wildman–Crippen LogP) is 5.91. The lowest BCUT2D eigenvalue weighted by Gasteiger charge is -2.28. The van der Waals surface area contributed by atoms with Crippen LogP contribution in [0.15, 0.2) is 65.5 Å². The molecule has 2 heterocycles. The molecule has 0 spiro atoms. The number of anilines is 1. The Kier molecular flexibility index (Phi) is 11.2. The van der Waals surface area contributed by atoms with Gasteiger partial charge in [-0.1, -0.05) is 24.3 Å². The van der Waals surface area contributed by atoms with Crippen molar-refractivity contribution >= 4 is 34.4 Å². The van der Waals surface area contributed by atoms with Crippen LogP contribution in [-0.4, -0.2) is 66.4 Å². The Morgan fingerprint density at radius 2 is 1.61 bits per heavy atom. The molecule has 7 N–H and O–H groups in total. The molecule has 0 aliphatic heterocycles. The molecule has 6 rings (SSSR count). The number of alkyl halides is 4. The highest BCUT2D eigenvalue weighted by Crippen LogP contribution is 2.42. The van der Waals surface area contributed by atoms with Crippen LogP contribution in [0, 0.1) is 18.8 Å². The van der Waals surface area contributed by atoms with Crippen molar-refractivity contribution < 1.29 is 37.1 Å². The molecular formula is C39H42F4N8O5. The molecule has 2 amide bonds. The quantitative estimate of drug-likeness (QED) is 0.0792. The third-order valence-corrected chi connectivity index (χ3v) is 10.3. The maximum atomic E-state index is 14.2. The van der Waals surface area contributed by atoms with Gasteiger partial charge in [0.15, 0.2) is 5.82 Å². The molecule has 3 aromatic carbocycles. The number of nitrogens with zero attached hydrogens (tertiary/aromatic N) is 3. The molecule has 1 atom stereocenters.